The number of benzene rings is 1. The van der Waals surface area contributed by atoms with Gasteiger partial charge in [-0.05, 0) is 24.0 Å². The normalized spacial score (nSPS) is 11.0. The molecule has 114 valence electrons. The van der Waals surface area contributed by atoms with Crippen molar-refractivity contribution in [3.63, 3.8) is 0 Å². The number of hydrogen-bond donors (Lipinski definition) is 0. The smallest absolute Gasteiger partial charge is 0.176 e. The molecule has 0 saturated heterocycles. The van der Waals surface area contributed by atoms with Crippen LogP contribution in [-0.4, -0.2) is 30.3 Å². The molecule has 0 heterocycles. The largest absolute Gasteiger partial charge is 0.295 e. The molecule has 1 rings (SSSR count). The first-order valence-electron chi connectivity index (χ1n) is 6.89. The molecule has 0 bridgehead atoms. The Balaban J connectivity index is 0.00000361. The average Bonchev–Trinajstić information content (AvgIpc) is 2.27. The molecular weight excluding hydrogens is 338 g/mol. The lowest BCUT2D eigenvalue weighted by Gasteiger charge is -2.25. The summed E-state index contributed by atoms with van der Waals surface area (Å²) in [4.78, 5) is 14.5. The van der Waals surface area contributed by atoms with Gasteiger partial charge in [-0.25, -0.2) is 0 Å². The topological polar surface area (TPSA) is 20.3 Å². The number of Topliss-reactive ketones (excluding diaryl/α,β-unsaturated/α-hetero) is 1. The molecule has 0 unspecified atom stereocenters. The van der Waals surface area contributed by atoms with Gasteiger partial charge in [0.2, 0.25) is 0 Å². The number of ketones is 1. The fourth-order valence-electron chi connectivity index (χ4n) is 2.17. The highest BCUT2D eigenvalue weighted by molar-refractivity contribution is 9.10. The van der Waals surface area contributed by atoms with Gasteiger partial charge in [-0.2, -0.15) is 0 Å². The lowest BCUT2D eigenvalue weighted by Crippen LogP contribution is -2.35. The summed E-state index contributed by atoms with van der Waals surface area (Å²) in [6.45, 7) is 11.2. The van der Waals surface area contributed by atoms with Gasteiger partial charge >= 0.3 is 0 Å². The first-order valence-corrected chi connectivity index (χ1v) is 7.69. The Kier molecular flexibility index (Phi) is 9.36. The van der Waals surface area contributed by atoms with Crippen molar-refractivity contribution < 1.29 is 4.79 Å². The summed E-state index contributed by atoms with van der Waals surface area (Å²) in [6.07, 6.45) is 0. The molecule has 0 radical (unpaired) electrons. The van der Waals surface area contributed by atoms with Crippen LogP contribution >= 0.6 is 28.3 Å². The van der Waals surface area contributed by atoms with Crippen LogP contribution in [0, 0.1) is 11.8 Å². The Morgan fingerprint density at radius 1 is 1.05 bits per heavy atom. The van der Waals surface area contributed by atoms with Gasteiger partial charge in [0, 0.05) is 23.1 Å². The molecule has 0 saturated carbocycles. The molecule has 0 aliphatic rings. The Morgan fingerprint density at radius 3 is 1.90 bits per heavy atom. The van der Waals surface area contributed by atoms with Crippen molar-refractivity contribution in [1.29, 1.82) is 0 Å². The van der Waals surface area contributed by atoms with Crippen molar-refractivity contribution in [2.75, 3.05) is 19.6 Å². The molecule has 0 amide bonds. The third-order valence-electron chi connectivity index (χ3n) is 2.78. The summed E-state index contributed by atoms with van der Waals surface area (Å²) < 4.78 is 1.00. The van der Waals surface area contributed by atoms with Crippen LogP contribution in [0.15, 0.2) is 28.7 Å². The molecule has 4 heteroatoms. The number of hydrogen-bond acceptors (Lipinski definition) is 2. The van der Waals surface area contributed by atoms with Gasteiger partial charge < -0.3 is 0 Å². The second-order valence-electron chi connectivity index (χ2n) is 5.91. The Morgan fingerprint density at radius 2 is 1.50 bits per heavy atom. The summed E-state index contributed by atoms with van der Waals surface area (Å²) in [7, 11) is 0. The fourth-order valence-corrected chi connectivity index (χ4v) is 2.43. The Labute approximate surface area is 137 Å². The molecule has 0 aliphatic carbocycles. The average molecular weight is 363 g/mol. The summed E-state index contributed by atoms with van der Waals surface area (Å²) in [5.74, 6) is 1.36. The van der Waals surface area contributed by atoms with Crippen molar-refractivity contribution in [2.45, 2.75) is 27.7 Å². The van der Waals surface area contributed by atoms with E-state index in [0.29, 0.717) is 18.4 Å². The lowest BCUT2D eigenvalue weighted by molar-refractivity contribution is 0.0912. The molecule has 0 atom stereocenters. The molecule has 1 aromatic carbocycles. The van der Waals surface area contributed by atoms with E-state index < -0.39 is 0 Å². The van der Waals surface area contributed by atoms with Gasteiger partial charge in [-0.3, -0.25) is 9.69 Å². The summed E-state index contributed by atoms with van der Waals surface area (Å²) in [5, 5.41) is 0. The second-order valence-corrected chi connectivity index (χ2v) is 6.83. The fraction of sp³-hybridized carbons (Fsp3) is 0.562. The lowest BCUT2D eigenvalue weighted by atomic mass is 10.1. The maximum absolute atomic E-state index is 12.3. The maximum Gasteiger partial charge on any atom is 0.176 e. The van der Waals surface area contributed by atoms with E-state index in [1.807, 2.05) is 24.3 Å². The molecule has 20 heavy (non-hydrogen) atoms. The zero-order valence-corrected chi connectivity index (χ0v) is 15.1. The molecule has 0 aliphatic heterocycles. The molecule has 0 aromatic heterocycles. The minimum Gasteiger partial charge on any atom is -0.295 e. The molecular formula is C16H25BrClNO. The third kappa shape index (κ3) is 7.41. The van der Waals surface area contributed by atoms with Crippen LogP contribution in [0.5, 0.6) is 0 Å². The molecule has 0 N–H and O–H groups in total. The van der Waals surface area contributed by atoms with E-state index in [2.05, 4.69) is 48.5 Å². The number of carbonyl (C=O) groups is 1. The summed E-state index contributed by atoms with van der Waals surface area (Å²) in [6, 6.07) is 7.61. The van der Waals surface area contributed by atoms with E-state index in [-0.39, 0.29) is 18.2 Å². The first-order chi connectivity index (χ1) is 8.88. The first kappa shape index (κ1) is 19.6. The predicted molar refractivity (Wildman–Crippen MR) is 91.8 cm³/mol. The predicted octanol–water partition coefficient (Wildman–Crippen LogP) is 4.67. The van der Waals surface area contributed by atoms with Crippen LogP contribution in [0.2, 0.25) is 0 Å². The van der Waals surface area contributed by atoms with E-state index in [0.717, 1.165) is 23.1 Å². The number of carbonyl (C=O) groups excluding carboxylic acids is 1. The molecule has 2 nitrogen and oxygen atoms in total. The number of nitrogens with zero attached hydrogens (tertiary/aromatic N) is 1. The van der Waals surface area contributed by atoms with Crippen molar-refractivity contribution in [1.82, 2.24) is 4.90 Å². The minimum atomic E-state index is 0. The second kappa shape index (κ2) is 9.54. The van der Waals surface area contributed by atoms with Crippen LogP contribution in [0.3, 0.4) is 0 Å². The van der Waals surface area contributed by atoms with Crippen molar-refractivity contribution in [3.05, 3.63) is 34.3 Å². The molecule has 1 aromatic rings. The van der Waals surface area contributed by atoms with Crippen LogP contribution in [0.1, 0.15) is 38.1 Å². The SMILES string of the molecule is CC(C)CN(CC(=O)c1ccc(Br)cc1)CC(C)C.Cl. The highest BCUT2D eigenvalue weighted by atomic mass is 79.9. The monoisotopic (exact) mass is 361 g/mol. The number of halogens is 2. The Bertz CT molecular complexity index is 393. The summed E-state index contributed by atoms with van der Waals surface area (Å²) in [5.41, 5.74) is 0.792. The zero-order valence-electron chi connectivity index (χ0n) is 12.7. The number of rotatable bonds is 7. The van der Waals surface area contributed by atoms with Gasteiger partial charge in [0.1, 0.15) is 0 Å². The van der Waals surface area contributed by atoms with Gasteiger partial charge in [0.15, 0.2) is 5.78 Å². The Hall–Kier alpha value is -0.380. The minimum absolute atomic E-state index is 0. The van der Waals surface area contributed by atoms with Crippen molar-refractivity contribution in [3.8, 4) is 0 Å². The third-order valence-corrected chi connectivity index (χ3v) is 3.31. The van der Waals surface area contributed by atoms with Crippen LogP contribution in [0.4, 0.5) is 0 Å². The van der Waals surface area contributed by atoms with Gasteiger partial charge in [-0.15, -0.1) is 12.4 Å². The van der Waals surface area contributed by atoms with Gasteiger partial charge in [-0.1, -0.05) is 55.8 Å². The van der Waals surface area contributed by atoms with E-state index in [4.69, 9.17) is 0 Å². The standard InChI is InChI=1S/C16H24BrNO.ClH/c1-12(2)9-18(10-13(3)4)11-16(19)14-5-7-15(17)8-6-14;/h5-8,12-13H,9-11H2,1-4H3;1H. The van der Waals surface area contributed by atoms with Crippen LogP contribution in [-0.2, 0) is 0 Å². The van der Waals surface area contributed by atoms with Crippen molar-refractivity contribution >= 4 is 34.1 Å². The van der Waals surface area contributed by atoms with Crippen molar-refractivity contribution in [2.24, 2.45) is 11.8 Å². The molecule has 0 fully saturated rings. The maximum atomic E-state index is 12.3. The van der Waals surface area contributed by atoms with E-state index >= 15 is 0 Å². The quantitative estimate of drug-likeness (QED) is 0.657. The van der Waals surface area contributed by atoms with E-state index in [1.165, 1.54) is 0 Å². The van der Waals surface area contributed by atoms with Gasteiger partial charge in [0.05, 0.1) is 6.54 Å². The zero-order chi connectivity index (χ0) is 14.4. The van der Waals surface area contributed by atoms with Crippen LogP contribution < -0.4 is 0 Å². The highest BCUT2D eigenvalue weighted by Gasteiger charge is 2.14. The van der Waals surface area contributed by atoms with Crippen LogP contribution in [0.25, 0.3) is 0 Å². The van der Waals surface area contributed by atoms with Gasteiger partial charge in [0.25, 0.3) is 0 Å². The van der Waals surface area contributed by atoms with E-state index in [9.17, 15) is 4.79 Å². The van der Waals surface area contributed by atoms with E-state index in [1.54, 1.807) is 0 Å². The molecule has 0 spiro atoms. The summed E-state index contributed by atoms with van der Waals surface area (Å²) >= 11 is 3.39. The highest BCUT2D eigenvalue weighted by Crippen LogP contribution is 2.12.